The molecule has 10 rings (SSSR count). The summed E-state index contributed by atoms with van der Waals surface area (Å²) >= 11 is 5.27. The van der Waals surface area contributed by atoms with Gasteiger partial charge in [0.2, 0.25) is 0 Å². The average molecular weight is 632 g/mol. The van der Waals surface area contributed by atoms with Gasteiger partial charge in [-0.25, -0.2) is 9.97 Å². The maximum absolute atomic E-state index is 6.36. The van der Waals surface area contributed by atoms with E-state index in [1.54, 1.807) is 22.7 Å². The summed E-state index contributed by atoms with van der Waals surface area (Å²) in [6.45, 7) is 0. The van der Waals surface area contributed by atoms with Gasteiger partial charge in [-0.05, 0) is 66.7 Å². The lowest BCUT2D eigenvalue weighted by Gasteiger charge is -2.33. The molecule has 1 aliphatic heterocycles. The number of rotatable bonds is 3. The number of benzene rings is 6. The molecular formula is C38H21N3OS3. The van der Waals surface area contributed by atoms with E-state index in [0.29, 0.717) is 0 Å². The lowest BCUT2D eigenvalue weighted by molar-refractivity contribution is 0.669. The molecule has 0 saturated heterocycles. The van der Waals surface area contributed by atoms with Crippen molar-refractivity contribution in [3.63, 3.8) is 0 Å². The molecule has 3 aromatic heterocycles. The fourth-order valence-corrected chi connectivity index (χ4v) is 9.14. The SMILES string of the molecule is c1ccc2sc(-c3ccc4c(c3)N(c3ccc5c(c3)oc3ccccc35)c3cc(-c5nc6ccccc6s5)ccc3S4)nc2c1. The molecule has 0 fully saturated rings. The van der Waals surface area contributed by atoms with E-state index in [2.05, 4.69) is 108 Å². The number of nitrogens with zero attached hydrogens (tertiary/aromatic N) is 3. The summed E-state index contributed by atoms with van der Waals surface area (Å²) < 4.78 is 8.75. The van der Waals surface area contributed by atoms with Crippen molar-refractivity contribution in [2.45, 2.75) is 9.79 Å². The molecule has 0 atom stereocenters. The monoisotopic (exact) mass is 631 g/mol. The number of thiazole rings is 2. The number of hydrogen-bond donors (Lipinski definition) is 0. The Morgan fingerprint density at radius 2 is 1.09 bits per heavy atom. The van der Waals surface area contributed by atoms with Gasteiger partial charge in [0.05, 0.1) is 31.8 Å². The van der Waals surface area contributed by atoms with Gasteiger partial charge in [0.15, 0.2) is 0 Å². The number of hydrogen-bond acceptors (Lipinski definition) is 7. The van der Waals surface area contributed by atoms with Crippen molar-refractivity contribution in [1.29, 1.82) is 0 Å². The van der Waals surface area contributed by atoms with Crippen LogP contribution < -0.4 is 4.90 Å². The predicted molar refractivity (Wildman–Crippen MR) is 190 cm³/mol. The lowest BCUT2D eigenvalue weighted by Crippen LogP contribution is -2.15. The minimum absolute atomic E-state index is 0.875. The first kappa shape index (κ1) is 25.4. The fraction of sp³-hybridized carbons (Fsp3) is 0. The first-order chi connectivity index (χ1) is 22.2. The standard InChI is InChI=1S/C38H21N3OS3/c1-4-10-31-25(7-1)26-16-15-24(21-32(26)42-31)41-29-19-22(37-39-27-8-2-5-11-33(27)44-37)13-17-35(29)43-36-18-14-23(20-30(36)41)38-40-28-9-3-6-12-34(28)45-38/h1-21H. The smallest absolute Gasteiger partial charge is 0.137 e. The highest BCUT2D eigenvalue weighted by atomic mass is 32.2. The van der Waals surface area contributed by atoms with Gasteiger partial charge in [-0.1, -0.05) is 66.4 Å². The van der Waals surface area contributed by atoms with Crippen molar-refractivity contribution >= 4 is 93.9 Å². The van der Waals surface area contributed by atoms with Crippen LogP contribution in [-0.2, 0) is 0 Å². The van der Waals surface area contributed by atoms with Gasteiger partial charge >= 0.3 is 0 Å². The normalized spacial score (nSPS) is 12.8. The van der Waals surface area contributed by atoms with Crippen molar-refractivity contribution in [2.24, 2.45) is 0 Å². The Hall–Kier alpha value is -4.95. The van der Waals surface area contributed by atoms with Crippen LogP contribution in [0.4, 0.5) is 17.1 Å². The molecule has 0 spiro atoms. The average Bonchev–Trinajstić information content (AvgIpc) is 3.81. The van der Waals surface area contributed by atoms with Crippen LogP contribution in [0.3, 0.4) is 0 Å². The minimum Gasteiger partial charge on any atom is -0.456 e. The van der Waals surface area contributed by atoms with Gasteiger partial charge in [0.25, 0.3) is 0 Å². The zero-order valence-corrected chi connectivity index (χ0v) is 26.0. The molecule has 212 valence electrons. The third-order valence-corrected chi connectivity index (χ3v) is 11.6. The molecule has 0 N–H and O–H groups in total. The van der Waals surface area contributed by atoms with E-state index in [1.807, 2.05) is 36.0 Å². The Morgan fingerprint density at radius 3 is 1.73 bits per heavy atom. The molecule has 0 unspecified atom stereocenters. The second-order valence-corrected chi connectivity index (χ2v) is 14.2. The van der Waals surface area contributed by atoms with Crippen LogP contribution in [0.2, 0.25) is 0 Å². The molecule has 4 nitrogen and oxygen atoms in total. The van der Waals surface area contributed by atoms with Crippen molar-refractivity contribution in [3.05, 3.63) is 127 Å². The molecule has 0 saturated carbocycles. The molecule has 0 bridgehead atoms. The van der Waals surface area contributed by atoms with Crippen LogP contribution in [0.1, 0.15) is 0 Å². The van der Waals surface area contributed by atoms with E-state index in [-0.39, 0.29) is 0 Å². The molecule has 7 heteroatoms. The molecule has 1 aliphatic rings. The molecule has 6 aromatic carbocycles. The maximum Gasteiger partial charge on any atom is 0.137 e. The van der Waals surface area contributed by atoms with Crippen LogP contribution in [0.25, 0.3) is 63.5 Å². The number of anilines is 3. The molecule has 9 aromatic rings. The zero-order chi connectivity index (χ0) is 29.5. The van der Waals surface area contributed by atoms with Crippen molar-refractivity contribution < 1.29 is 4.42 Å². The van der Waals surface area contributed by atoms with E-state index in [0.717, 1.165) is 71.2 Å². The quantitative estimate of drug-likeness (QED) is 0.194. The Labute approximate surface area is 270 Å². The fourth-order valence-electron chi connectivity index (χ4n) is 6.19. The molecule has 4 heterocycles. The topological polar surface area (TPSA) is 42.2 Å². The number of aromatic nitrogens is 2. The highest BCUT2D eigenvalue weighted by molar-refractivity contribution is 7.99. The third-order valence-electron chi connectivity index (χ3n) is 8.32. The Kier molecular flexibility index (Phi) is 5.51. The highest BCUT2D eigenvalue weighted by Gasteiger charge is 2.27. The maximum atomic E-state index is 6.36. The summed E-state index contributed by atoms with van der Waals surface area (Å²) in [6, 6.07) is 44.9. The number of para-hydroxylation sites is 3. The highest BCUT2D eigenvalue weighted by Crippen LogP contribution is 2.54. The van der Waals surface area contributed by atoms with E-state index in [1.165, 1.54) is 19.2 Å². The minimum atomic E-state index is 0.875. The molecule has 0 aliphatic carbocycles. The molecule has 45 heavy (non-hydrogen) atoms. The van der Waals surface area contributed by atoms with E-state index in [9.17, 15) is 0 Å². The van der Waals surface area contributed by atoms with Gasteiger partial charge < -0.3 is 9.32 Å². The first-order valence-corrected chi connectivity index (χ1v) is 17.1. The van der Waals surface area contributed by atoms with E-state index < -0.39 is 0 Å². The lowest BCUT2D eigenvalue weighted by atomic mass is 10.1. The van der Waals surface area contributed by atoms with Gasteiger partial charge in [-0.15, -0.1) is 22.7 Å². The second kappa shape index (κ2) is 9.78. The summed E-state index contributed by atoms with van der Waals surface area (Å²) in [5.41, 5.74) is 9.35. The number of fused-ring (bicyclic) bond motifs is 7. The largest absolute Gasteiger partial charge is 0.456 e. The van der Waals surface area contributed by atoms with E-state index in [4.69, 9.17) is 14.4 Å². The Balaban J connectivity index is 1.18. The molecular weight excluding hydrogens is 611 g/mol. The van der Waals surface area contributed by atoms with Crippen LogP contribution in [0, 0.1) is 0 Å². The van der Waals surface area contributed by atoms with Gasteiger partial charge in [-0.2, -0.15) is 0 Å². The first-order valence-electron chi connectivity index (χ1n) is 14.6. The van der Waals surface area contributed by atoms with Gasteiger partial charge in [0.1, 0.15) is 21.2 Å². The van der Waals surface area contributed by atoms with Crippen molar-refractivity contribution in [2.75, 3.05) is 4.90 Å². The van der Waals surface area contributed by atoms with E-state index >= 15 is 0 Å². The Morgan fingerprint density at radius 1 is 0.511 bits per heavy atom. The number of furan rings is 1. The summed E-state index contributed by atoms with van der Waals surface area (Å²) in [5.74, 6) is 0. The van der Waals surface area contributed by atoms with Crippen LogP contribution in [-0.4, -0.2) is 9.97 Å². The van der Waals surface area contributed by atoms with Crippen LogP contribution in [0.15, 0.2) is 142 Å². The van der Waals surface area contributed by atoms with Gasteiger partial charge in [0, 0.05) is 43.4 Å². The van der Waals surface area contributed by atoms with Crippen molar-refractivity contribution in [1.82, 2.24) is 9.97 Å². The zero-order valence-electron chi connectivity index (χ0n) is 23.6. The van der Waals surface area contributed by atoms with Crippen LogP contribution >= 0.6 is 34.4 Å². The summed E-state index contributed by atoms with van der Waals surface area (Å²) in [5, 5.41) is 4.29. The third kappa shape index (κ3) is 4.05. The van der Waals surface area contributed by atoms with Crippen LogP contribution in [0.5, 0.6) is 0 Å². The summed E-state index contributed by atoms with van der Waals surface area (Å²) in [4.78, 5) is 14.7. The second-order valence-electron chi connectivity index (χ2n) is 11.1. The Bertz CT molecular complexity index is 2420. The molecule has 0 amide bonds. The van der Waals surface area contributed by atoms with Crippen molar-refractivity contribution in [3.8, 4) is 21.1 Å². The predicted octanol–water partition coefficient (Wildman–Crippen LogP) is 12.1. The molecule has 0 radical (unpaired) electrons. The van der Waals surface area contributed by atoms with Gasteiger partial charge in [-0.3, -0.25) is 0 Å². The summed E-state index contributed by atoms with van der Waals surface area (Å²) in [6.07, 6.45) is 0. The summed E-state index contributed by atoms with van der Waals surface area (Å²) in [7, 11) is 0.